The highest BCUT2D eigenvalue weighted by Crippen LogP contribution is 2.40. The molecule has 4 heteroatoms. The lowest BCUT2D eigenvalue weighted by atomic mass is 9.89. The summed E-state index contributed by atoms with van der Waals surface area (Å²) in [5.41, 5.74) is 17.2. The maximum absolute atomic E-state index is 7.04. The number of rotatable bonds is 2. The van der Waals surface area contributed by atoms with Gasteiger partial charge in [-0.15, -0.1) is 0 Å². The zero-order chi connectivity index (χ0) is 32.4. The van der Waals surface area contributed by atoms with Gasteiger partial charge >= 0.3 is 5.96 Å². The van der Waals surface area contributed by atoms with E-state index in [0.29, 0.717) is 5.96 Å². The number of aliphatic imine (C=N–C) groups is 1. The minimum Gasteiger partial charge on any atom is -0.456 e. The fourth-order valence-corrected chi connectivity index (χ4v) is 7.57. The second-order valence-corrected chi connectivity index (χ2v) is 12.5. The molecule has 0 fully saturated rings. The molecule has 6 aromatic carbocycles. The second-order valence-electron chi connectivity index (χ2n) is 12.5. The molecule has 228 valence electrons. The van der Waals surface area contributed by atoms with Gasteiger partial charge < -0.3 is 4.42 Å². The molecule has 0 spiro atoms. The number of nitrogens with zero attached hydrogens (tertiary/aromatic N) is 2. The van der Waals surface area contributed by atoms with Crippen molar-refractivity contribution in [2.45, 2.75) is 13.3 Å². The van der Waals surface area contributed by atoms with Crippen molar-refractivity contribution in [1.82, 2.24) is 0 Å². The summed E-state index contributed by atoms with van der Waals surface area (Å²) in [6.45, 7) is 6.48. The van der Waals surface area contributed by atoms with E-state index in [1.165, 1.54) is 21.7 Å². The third kappa shape index (κ3) is 4.30. The highest BCUT2D eigenvalue weighted by atomic mass is 16.3. The monoisotopic (exact) mass is 618 g/mol. The van der Waals surface area contributed by atoms with Crippen molar-refractivity contribution in [3.8, 4) is 0 Å². The Morgan fingerprint density at radius 1 is 0.729 bits per heavy atom. The molecule has 2 N–H and O–H groups in total. The third-order valence-corrected chi connectivity index (χ3v) is 9.75. The van der Waals surface area contributed by atoms with Crippen LogP contribution in [0.5, 0.6) is 0 Å². The Bertz CT molecular complexity index is 2740. The van der Waals surface area contributed by atoms with Crippen LogP contribution in [0.2, 0.25) is 0 Å². The van der Waals surface area contributed by atoms with Crippen molar-refractivity contribution in [1.29, 1.82) is 0 Å². The minimum atomic E-state index is 0.367. The molecule has 0 amide bonds. The lowest BCUT2D eigenvalue weighted by Crippen LogP contribution is -2.27. The molecule has 0 saturated carbocycles. The Morgan fingerprint density at radius 2 is 1.42 bits per heavy atom. The molecule has 4 nitrogen and oxygen atoms in total. The van der Waals surface area contributed by atoms with Gasteiger partial charge in [0.1, 0.15) is 22.4 Å². The number of hydrogen-bond donors (Lipinski definition) is 1. The van der Waals surface area contributed by atoms with Crippen LogP contribution in [0, 0.1) is 6.92 Å². The largest absolute Gasteiger partial charge is 0.456 e. The Morgan fingerprint density at radius 3 is 2.25 bits per heavy atom. The van der Waals surface area contributed by atoms with Crippen LogP contribution in [-0.4, -0.2) is 16.7 Å². The molecular weight excluding hydrogens is 587 g/mol. The van der Waals surface area contributed by atoms with E-state index in [-0.39, 0.29) is 0 Å². The molecule has 48 heavy (non-hydrogen) atoms. The van der Waals surface area contributed by atoms with Gasteiger partial charge in [0.05, 0.1) is 6.21 Å². The van der Waals surface area contributed by atoms with Crippen molar-refractivity contribution < 1.29 is 8.99 Å². The van der Waals surface area contributed by atoms with Crippen molar-refractivity contribution >= 4 is 84.1 Å². The standard InChI is InChI=1S/C44H32N3O/c1-27-12-9-14-30(26-29-13-3-4-15-31(27)29)32-16-7-8-21-37(32)46-44(45)47-25-24-40-42-28(2)41-35(19-10-22-38(41)47)33-17-5-6-18-34(33)36-20-11-23-39(48-40)43(36)42/h3-25H,1,26H2,2H3,(H2,45,46)/q+1/b12-9-,25-24?,30-14+,35-33?,36-34?,40-24?,41-28?,42-28?,47-25?,47-38?. The van der Waals surface area contributed by atoms with Gasteiger partial charge in [0, 0.05) is 27.8 Å². The smallest absolute Gasteiger partial charge is 0.394 e. The fourth-order valence-electron chi connectivity index (χ4n) is 7.57. The molecule has 0 saturated heterocycles. The van der Waals surface area contributed by atoms with E-state index in [0.717, 1.165) is 78.2 Å². The fraction of sp³-hybridized carbons (Fsp3) is 0.0455. The Hall–Kier alpha value is -6.26. The summed E-state index contributed by atoms with van der Waals surface area (Å²) in [7, 11) is 0. The molecule has 0 radical (unpaired) electrons. The van der Waals surface area contributed by atoms with Crippen LogP contribution in [0.4, 0.5) is 11.4 Å². The molecule has 2 bridgehead atoms. The number of hydrogen-bond acceptors (Lipinski definition) is 2. The number of benzene rings is 5. The first-order chi connectivity index (χ1) is 23.6. The number of furan rings is 1. The highest BCUT2D eigenvalue weighted by molar-refractivity contribution is 6.25. The summed E-state index contributed by atoms with van der Waals surface area (Å²) in [4.78, 5) is 5.14. The van der Waals surface area contributed by atoms with Gasteiger partial charge in [-0.3, -0.25) is 5.73 Å². The zero-order valence-electron chi connectivity index (χ0n) is 26.6. The van der Waals surface area contributed by atoms with Crippen LogP contribution < -0.4 is 11.1 Å². The molecule has 7 aromatic rings. The molecule has 1 aromatic heterocycles. The summed E-state index contributed by atoms with van der Waals surface area (Å²) in [6.07, 6.45) is 11.1. The summed E-state index contributed by atoms with van der Waals surface area (Å²) in [5.74, 6) is 0.367. The lowest BCUT2D eigenvalue weighted by Gasteiger charge is -2.16. The van der Waals surface area contributed by atoms with E-state index in [2.05, 4.69) is 129 Å². The van der Waals surface area contributed by atoms with Gasteiger partial charge in [0.2, 0.25) is 0 Å². The van der Waals surface area contributed by atoms with E-state index in [4.69, 9.17) is 15.1 Å². The van der Waals surface area contributed by atoms with Gasteiger partial charge in [-0.05, 0) is 80.9 Å². The molecule has 2 aliphatic rings. The second kappa shape index (κ2) is 10.9. The quantitative estimate of drug-likeness (QED) is 0.119. The summed E-state index contributed by atoms with van der Waals surface area (Å²) >= 11 is 0. The number of nitrogens with two attached hydrogens (primary N) is 1. The van der Waals surface area contributed by atoms with Crippen molar-refractivity contribution in [3.63, 3.8) is 0 Å². The average molecular weight is 619 g/mol. The van der Waals surface area contributed by atoms with E-state index < -0.39 is 0 Å². The van der Waals surface area contributed by atoms with E-state index in [9.17, 15) is 0 Å². The molecule has 9 rings (SSSR count). The van der Waals surface area contributed by atoms with Crippen molar-refractivity contribution in [2.24, 2.45) is 10.7 Å². The van der Waals surface area contributed by atoms with Crippen LogP contribution in [0.15, 0.2) is 143 Å². The highest BCUT2D eigenvalue weighted by Gasteiger charge is 2.23. The first kappa shape index (κ1) is 28.0. The normalized spacial score (nSPS) is 16.2. The molecular formula is C44H32N3O+. The summed E-state index contributed by atoms with van der Waals surface area (Å²) in [5, 5.41) is 8.05. The van der Waals surface area contributed by atoms with Gasteiger partial charge in [-0.1, -0.05) is 121 Å². The van der Waals surface area contributed by atoms with Gasteiger partial charge in [-0.25, -0.2) is 4.58 Å². The maximum Gasteiger partial charge on any atom is 0.394 e. The van der Waals surface area contributed by atoms with Crippen LogP contribution in [0.25, 0.3) is 60.5 Å². The summed E-state index contributed by atoms with van der Waals surface area (Å²) in [6, 6.07) is 38.1. The van der Waals surface area contributed by atoms with Crippen LogP contribution in [-0.2, 0) is 6.42 Å². The maximum atomic E-state index is 7.04. The van der Waals surface area contributed by atoms with E-state index >= 15 is 0 Å². The zero-order valence-corrected chi connectivity index (χ0v) is 26.6. The van der Waals surface area contributed by atoms with E-state index in [1.54, 1.807) is 0 Å². The molecule has 0 unspecified atom stereocenters. The van der Waals surface area contributed by atoms with Crippen molar-refractivity contribution in [2.75, 3.05) is 0 Å². The molecule has 2 heterocycles. The predicted molar refractivity (Wildman–Crippen MR) is 202 cm³/mol. The predicted octanol–water partition coefficient (Wildman–Crippen LogP) is 9.85. The first-order valence-electron chi connectivity index (χ1n) is 16.2. The number of para-hydroxylation sites is 1. The molecule has 0 atom stereocenters. The molecule has 1 aliphatic heterocycles. The van der Waals surface area contributed by atoms with Crippen molar-refractivity contribution in [3.05, 3.63) is 162 Å². The number of aryl methyl sites for hydroxylation is 1. The van der Waals surface area contributed by atoms with Crippen LogP contribution in [0.3, 0.4) is 0 Å². The number of allylic oxidation sites excluding steroid dienone is 5. The number of guanidine groups is 1. The topological polar surface area (TPSA) is 54.5 Å². The van der Waals surface area contributed by atoms with Gasteiger partial charge in [0.25, 0.3) is 0 Å². The lowest BCUT2D eigenvalue weighted by molar-refractivity contribution is -0.299. The Balaban J connectivity index is 1.29. The third-order valence-electron chi connectivity index (χ3n) is 9.75. The first-order valence-corrected chi connectivity index (χ1v) is 16.2. The minimum absolute atomic E-state index is 0.367. The van der Waals surface area contributed by atoms with Gasteiger partial charge in [0.15, 0.2) is 0 Å². The SMILES string of the molecule is C=C1/C=C\C=C(\c2ccccc2N=C(N)[N+]2=CC=c3oc4cccc5c6ccccc6c6cccc2c6c(C)c3c45)Cc2ccccc21. The van der Waals surface area contributed by atoms with Crippen LogP contribution in [0.1, 0.15) is 22.3 Å². The van der Waals surface area contributed by atoms with Gasteiger partial charge in [-0.2, -0.15) is 0 Å². The summed E-state index contributed by atoms with van der Waals surface area (Å²) < 4.78 is 8.55. The van der Waals surface area contributed by atoms with E-state index in [1.807, 2.05) is 29.0 Å². The Kier molecular flexibility index (Phi) is 6.37. The Labute approximate surface area is 278 Å². The average Bonchev–Trinajstić information content (AvgIpc) is 3.47. The molecule has 1 aliphatic carbocycles. The van der Waals surface area contributed by atoms with Crippen LogP contribution >= 0.6 is 0 Å². The number of fused-ring (bicyclic) bond motifs is 4.